The van der Waals surface area contributed by atoms with Crippen LogP contribution in [-0.4, -0.2) is 55.1 Å². The summed E-state index contributed by atoms with van der Waals surface area (Å²) < 4.78 is 24.3. The Morgan fingerprint density at radius 1 is 1.43 bits per heavy atom. The van der Waals surface area contributed by atoms with Gasteiger partial charge in [0, 0.05) is 13.1 Å². The van der Waals surface area contributed by atoms with Gasteiger partial charge in [0.15, 0.2) is 0 Å². The molecule has 1 heterocycles. The lowest BCUT2D eigenvalue weighted by Gasteiger charge is -2.30. The van der Waals surface area contributed by atoms with E-state index in [0.717, 1.165) is 19.1 Å². The molecular weight excluding hydrogens is 296 g/mol. The minimum Gasteiger partial charge on any atom is -0.480 e. The molecule has 1 aliphatic rings. The summed E-state index contributed by atoms with van der Waals surface area (Å²) >= 11 is 0. The summed E-state index contributed by atoms with van der Waals surface area (Å²) in [6.07, 6.45) is 4.27. The Bertz CT molecular complexity index is 477. The summed E-state index contributed by atoms with van der Waals surface area (Å²) in [6, 6.07) is -0.897. The van der Waals surface area contributed by atoms with Crippen LogP contribution in [0.2, 0.25) is 0 Å². The molecule has 0 aromatic heterocycles. The summed E-state index contributed by atoms with van der Waals surface area (Å²) in [6.45, 7) is 2.50. The van der Waals surface area contributed by atoms with Crippen molar-refractivity contribution in [3.63, 3.8) is 0 Å². The number of carbonyl (C=O) groups is 2. The minimum atomic E-state index is -3.31. The van der Waals surface area contributed by atoms with Gasteiger partial charge < -0.3 is 10.4 Å². The van der Waals surface area contributed by atoms with Gasteiger partial charge in [-0.25, -0.2) is 17.5 Å². The molecule has 2 atom stereocenters. The quantitative estimate of drug-likeness (QED) is 0.707. The second-order valence-corrected chi connectivity index (χ2v) is 7.48. The van der Waals surface area contributed by atoms with Crippen LogP contribution in [0, 0.1) is 5.92 Å². The van der Waals surface area contributed by atoms with E-state index in [1.807, 2.05) is 6.92 Å². The Labute approximate surface area is 125 Å². The number of nitrogens with zero attached hydrogens (tertiary/aromatic N) is 1. The largest absolute Gasteiger partial charge is 0.480 e. The topological polar surface area (TPSA) is 104 Å². The van der Waals surface area contributed by atoms with Gasteiger partial charge >= 0.3 is 5.97 Å². The number of hydrogen-bond acceptors (Lipinski definition) is 4. The third-order valence-electron chi connectivity index (χ3n) is 3.68. The van der Waals surface area contributed by atoms with E-state index >= 15 is 0 Å². The van der Waals surface area contributed by atoms with Gasteiger partial charge in [-0.2, -0.15) is 0 Å². The molecule has 1 aliphatic heterocycles. The highest BCUT2D eigenvalue weighted by molar-refractivity contribution is 7.88. The van der Waals surface area contributed by atoms with Crippen LogP contribution < -0.4 is 5.32 Å². The lowest BCUT2D eigenvalue weighted by atomic mass is 9.98. The van der Waals surface area contributed by atoms with Crippen LogP contribution in [0.3, 0.4) is 0 Å². The van der Waals surface area contributed by atoms with Crippen LogP contribution in [0.5, 0.6) is 0 Å². The molecule has 2 unspecified atom stereocenters. The molecule has 0 bridgehead atoms. The molecule has 0 spiro atoms. The Kier molecular flexibility index (Phi) is 6.60. The third kappa shape index (κ3) is 5.62. The first kappa shape index (κ1) is 17.9. The highest BCUT2D eigenvalue weighted by Crippen LogP contribution is 2.19. The fraction of sp³-hybridized carbons (Fsp3) is 0.846. The maximum absolute atomic E-state index is 12.2. The monoisotopic (exact) mass is 320 g/mol. The van der Waals surface area contributed by atoms with Crippen molar-refractivity contribution in [2.75, 3.05) is 19.3 Å². The summed E-state index contributed by atoms with van der Waals surface area (Å²) in [5.41, 5.74) is 0. The average molecular weight is 320 g/mol. The SMILES string of the molecule is CCCCC(NC(=O)C1CCCN(S(C)(=O)=O)C1)C(=O)O. The van der Waals surface area contributed by atoms with Crippen molar-refractivity contribution in [2.24, 2.45) is 5.92 Å². The number of carboxylic acid groups (broad SMARTS) is 1. The van der Waals surface area contributed by atoms with E-state index in [-0.39, 0.29) is 12.5 Å². The Morgan fingerprint density at radius 2 is 2.10 bits per heavy atom. The Morgan fingerprint density at radius 3 is 2.62 bits per heavy atom. The molecular formula is C13H24N2O5S. The van der Waals surface area contributed by atoms with E-state index in [9.17, 15) is 18.0 Å². The van der Waals surface area contributed by atoms with Gasteiger partial charge in [-0.05, 0) is 19.3 Å². The molecule has 0 aromatic rings. The van der Waals surface area contributed by atoms with Gasteiger partial charge in [-0.1, -0.05) is 19.8 Å². The number of nitrogens with one attached hydrogen (secondary N) is 1. The molecule has 0 aromatic carbocycles. The summed E-state index contributed by atoms with van der Waals surface area (Å²) in [5.74, 6) is -1.89. The number of unbranched alkanes of at least 4 members (excludes halogenated alkanes) is 1. The van der Waals surface area contributed by atoms with E-state index in [4.69, 9.17) is 5.11 Å². The lowest BCUT2D eigenvalue weighted by molar-refractivity contribution is -0.143. The number of rotatable bonds is 7. The summed E-state index contributed by atoms with van der Waals surface area (Å²) in [4.78, 5) is 23.3. The van der Waals surface area contributed by atoms with Crippen molar-refractivity contribution in [3.8, 4) is 0 Å². The molecule has 1 rings (SSSR count). The molecule has 2 N–H and O–H groups in total. The molecule has 8 heteroatoms. The number of amides is 1. The standard InChI is InChI=1S/C13H24N2O5S/c1-3-4-7-11(13(17)18)14-12(16)10-6-5-8-15(9-10)21(2,19)20/h10-11H,3-9H2,1-2H3,(H,14,16)(H,17,18). The van der Waals surface area contributed by atoms with E-state index in [2.05, 4.69) is 5.32 Å². The van der Waals surface area contributed by atoms with E-state index < -0.39 is 28.0 Å². The molecule has 122 valence electrons. The minimum absolute atomic E-state index is 0.130. The third-order valence-corrected chi connectivity index (χ3v) is 4.95. The number of carboxylic acids is 1. The molecule has 1 fully saturated rings. The van der Waals surface area contributed by atoms with Crippen LogP contribution in [0.4, 0.5) is 0 Å². The van der Waals surface area contributed by atoms with Crippen molar-refractivity contribution in [2.45, 2.75) is 45.1 Å². The van der Waals surface area contributed by atoms with E-state index in [1.54, 1.807) is 0 Å². The van der Waals surface area contributed by atoms with Gasteiger partial charge in [0.1, 0.15) is 6.04 Å². The normalized spacial score (nSPS) is 21.7. The van der Waals surface area contributed by atoms with Crippen molar-refractivity contribution in [1.82, 2.24) is 9.62 Å². The Hall–Kier alpha value is -1.15. The highest BCUT2D eigenvalue weighted by atomic mass is 32.2. The Balaban J connectivity index is 2.63. The first-order chi connectivity index (χ1) is 9.75. The van der Waals surface area contributed by atoms with Crippen LogP contribution in [0.15, 0.2) is 0 Å². The fourth-order valence-electron chi connectivity index (χ4n) is 2.41. The first-order valence-corrected chi connectivity index (χ1v) is 9.08. The average Bonchev–Trinajstić information content (AvgIpc) is 2.42. The number of aliphatic carboxylic acids is 1. The van der Waals surface area contributed by atoms with Crippen molar-refractivity contribution >= 4 is 21.9 Å². The molecule has 0 radical (unpaired) electrons. The van der Waals surface area contributed by atoms with E-state index in [1.165, 1.54) is 4.31 Å². The number of carbonyl (C=O) groups excluding carboxylic acids is 1. The lowest BCUT2D eigenvalue weighted by Crippen LogP contribution is -2.49. The van der Waals surface area contributed by atoms with Crippen molar-refractivity contribution in [3.05, 3.63) is 0 Å². The zero-order valence-corrected chi connectivity index (χ0v) is 13.4. The van der Waals surface area contributed by atoms with Crippen LogP contribution >= 0.6 is 0 Å². The smallest absolute Gasteiger partial charge is 0.326 e. The zero-order valence-electron chi connectivity index (χ0n) is 12.5. The van der Waals surface area contributed by atoms with Crippen LogP contribution in [0.1, 0.15) is 39.0 Å². The fourth-order valence-corrected chi connectivity index (χ4v) is 3.32. The molecule has 7 nitrogen and oxygen atoms in total. The number of hydrogen-bond donors (Lipinski definition) is 2. The van der Waals surface area contributed by atoms with Gasteiger partial charge in [0.25, 0.3) is 0 Å². The second-order valence-electron chi connectivity index (χ2n) is 5.50. The molecule has 0 saturated carbocycles. The zero-order chi connectivity index (χ0) is 16.0. The van der Waals surface area contributed by atoms with Crippen LogP contribution in [0.25, 0.3) is 0 Å². The van der Waals surface area contributed by atoms with E-state index in [0.29, 0.717) is 25.8 Å². The van der Waals surface area contributed by atoms with Crippen molar-refractivity contribution < 1.29 is 23.1 Å². The van der Waals surface area contributed by atoms with Gasteiger partial charge in [-0.3, -0.25) is 4.79 Å². The van der Waals surface area contributed by atoms with Crippen molar-refractivity contribution in [1.29, 1.82) is 0 Å². The number of piperidine rings is 1. The molecule has 1 saturated heterocycles. The molecule has 0 aliphatic carbocycles. The first-order valence-electron chi connectivity index (χ1n) is 7.24. The predicted molar refractivity (Wildman–Crippen MR) is 78.2 cm³/mol. The molecule has 1 amide bonds. The summed E-state index contributed by atoms with van der Waals surface area (Å²) in [5, 5.41) is 11.6. The van der Waals surface area contributed by atoms with Gasteiger partial charge in [-0.15, -0.1) is 0 Å². The number of sulfonamides is 1. The van der Waals surface area contributed by atoms with Gasteiger partial charge in [0.2, 0.25) is 15.9 Å². The predicted octanol–water partition coefficient (Wildman–Crippen LogP) is 0.418. The highest BCUT2D eigenvalue weighted by Gasteiger charge is 2.32. The maximum atomic E-state index is 12.2. The second kappa shape index (κ2) is 7.74. The summed E-state index contributed by atoms with van der Waals surface area (Å²) in [7, 11) is -3.31. The molecule has 21 heavy (non-hydrogen) atoms. The van der Waals surface area contributed by atoms with Gasteiger partial charge in [0.05, 0.1) is 12.2 Å². The van der Waals surface area contributed by atoms with Crippen LogP contribution in [-0.2, 0) is 19.6 Å². The maximum Gasteiger partial charge on any atom is 0.326 e.